The molecule has 134 valence electrons. The van der Waals surface area contributed by atoms with Crippen molar-refractivity contribution in [2.75, 3.05) is 19.7 Å². The van der Waals surface area contributed by atoms with Crippen LogP contribution in [0.1, 0.15) is 30.1 Å². The average molecular weight is 365 g/mol. The van der Waals surface area contributed by atoms with Gasteiger partial charge in [0.2, 0.25) is 10.0 Å². The Morgan fingerprint density at radius 2 is 1.92 bits per heavy atom. The third-order valence-electron chi connectivity index (χ3n) is 3.85. The lowest BCUT2D eigenvalue weighted by atomic mass is 9.99. The quantitative estimate of drug-likeness (QED) is 0.770. The van der Waals surface area contributed by atoms with Crippen molar-refractivity contribution >= 4 is 16.0 Å². The lowest BCUT2D eigenvalue weighted by molar-refractivity contribution is -0.182. The fraction of sp³-hybridized carbons (Fsp3) is 0.533. The van der Waals surface area contributed by atoms with Gasteiger partial charge in [0, 0.05) is 13.1 Å². The number of alkyl halides is 3. The van der Waals surface area contributed by atoms with E-state index >= 15 is 0 Å². The second-order valence-electron chi connectivity index (χ2n) is 5.49. The molecule has 2 rings (SSSR count). The zero-order valence-corrected chi connectivity index (χ0v) is 13.9. The predicted octanol–water partition coefficient (Wildman–Crippen LogP) is 2.83. The normalized spacial score (nSPS) is 19.9. The first-order valence-electron chi connectivity index (χ1n) is 7.50. The molecule has 1 fully saturated rings. The first-order chi connectivity index (χ1) is 11.2. The van der Waals surface area contributed by atoms with Crippen molar-refractivity contribution in [2.45, 2.75) is 30.8 Å². The number of rotatable bonds is 4. The standard InChI is InChI=1S/C15H18F3NO4S/c1-2-23-14(20)11-5-7-13(8-6-11)24(21,22)19-9-3-4-12(10-19)15(16,17)18/h5-8,12H,2-4,9-10H2,1H3/t12-/m1/s1. The molecular weight excluding hydrogens is 347 g/mol. The molecule has 1 aromatic rings. The molecule has 0 aromatic heterocycles. The summed E-state index contributed by atoms with van der Waals surface area (Å²) >= 11 is 0. The summed E-state index contributed by atoms with van der Waals surface area (Å²) in [6, 6.07) is 4.99. The van der Waals surface area contributed by atoms with Gasteiger partial charge < -0.3 is 4.74 Å². The van der Waals surface area contributed by atoms with Crippen LogP contribution in [-0.2, 0) is 14.8 Å². The highest BCUT2D eigenvalue weighted by molar-refractivity contribution is 7.89. The number of benzene rings is 1. The van der Waals surface area contributed by atoms with Crippen molar-refractivity contribution in [3.8, 4) is 0 Å². The van der Waals surface area contributed by atoms with Gasteiger partial charge in [-0.3, -0.25) is 0 Å². The number of nitrogens with zero attached hydrogens (tertiary/aromatic N) is 1. The van der Waals surface area contributed by atoms with E-state index in [9.17, 15) is 26.4 Å². The monoisotopic (exact) mass is 365 g/mol. The lowest BCUT2D eigenvalue weighted by Gasteiger charge is -2.32. The van der Waals surface area contributed by atoms with Crippen LogP contribution in [0.5, 0.6) is 0 Å². The molecule has 0 amide bonds. The Labute approximate surface area is 138 Å². The van der Waals surface area contributed by atoms with E-state index in [1.807, 2.05) is 0 Å². The van der Waals surface area contributed by atoms with E-state index in [4.69, 9.17) is 4.74 Å². The van der Waals surface area contributed by atoms with Crippen molar-refractivity contribution in [1.82, 2.24) is 4.31 Å². The summed E-state index contributed by atoms with van der Waals surface area (Å²) in [4.78, 5) is 11.4. The van der Waals surface area contributed by atoms with E-state index in [-0.39, 0.29) is 36.5 Å². The number of carbonyl (C=O) groups excluding carboxylic acids is 1. The fourth-order valence-electron chi connectivity index (χ4n) is 2.55. The average Bonchev–Trinajstić information content (AvgIpc) is 2.54. The molecule has 1 aliphatic heterocycles. The Bertz CT molecular complexity index is 686. The van der Waals surface area contributed by atoms with E-state index in [0.717, 1.165) is 4.31 Å². The van der Waals surface area contributed by atoms with Crippen LogP contribution in [0.4, 0.5) is 13.2 Å². The minimum atomic E-state index is -4.41. The minimum Gasteiger partial charge on any atom is -0.462 e. The maximum absolute atomic E-state index is 12.8. The van der Waals surface area contributed by atoms with Crippen molar-refractivity contribution in [3.63, 3.8) is 0 Å². The smallest absolute Gasteiger partial charge is 0.393 e. The van der Waals surface area contributed by atoms with Crippen molar-refractivity contribution in [1.29, 1.82) is 0 Å². The van der Waals surface area contributed by atoms with Gasteiger partial charge in [0.15, 0.2) is 0 Å². The van der Waals surface area contributed by atoms with Crippen molar-refractivity contribution < 1.29 is 31.1 Å². The summed E-state index contributed by atoms with van der Waals surface area (Å²) in [6.07, 6.45) is -4.33. The van der Waals surface area contributed by atoms with E-state index in [1.54, 1.807) is 6.92 Å². The molecule has 0 N–H and O–H groups in total. The zero-order chi connectivity index (χ0) is 18.0. The molecule has 1 aromatic carbocycles. The molecule has 5 nitrogen and oxygen atoms in total. The van der Waals surface area contributed by atoms with Crippen LogP contribution in [0.25, 0.3) is 0 Å². The van der Waals surface area contributed by atoms with Crippen LogP contribution in [0.15, 0.2) is 29.2 Å². The maximum Gasteiger partial charge on any atom is 0.393 e. The predicted molar refractivity (Wildman–Crippen MR) is 79.9 cm³/mol. The Hall–Kier alpha value is -1.61. The van der Waals surface area contributed by atoms with E-state index in [0.29, 0.717) is 0 Å². The summed E-state index contributed by atoms with van der Waals surface area (Å²) < 4.78 is 69.2. The third-order valence-corrected chi connectivity index (χ3v) is 5.73. The van der Waals surface area contributed by atoms with Crippen molar-refractivity contribution in [3.05, 3.63) is 29.8 Å². The number of hydrogen-bond acceptors (Lipinski definition) is 4. The molecule has 9 heteroatoms. The number of halogens is 3. The van der Waals surface area contributed by atoms with Crippen LogP contribution in [0.2, 0.25) is 0 Å². The SMILES string of the molecule is CCOC(=O)c1ccc(S(=O)(=O)N2CCC[C@@H](C(F)(F)F)C2)cc1. The van der Waals surface area contributed by atoms with Crippen LogP contribution in [0.3, 0.4) is 0 Å². The summed E-state index contributed by atoms with van der Waals surface area (Å²) in [6.45, 7) is 1.30. The number of ether oxygens (including phenoxy) is 1. The molecule has 0 saturated carbocycles. The molecule has 1 heterocycles. The molecule has 1 atom stereocenters. The summed E-state index contributed by atoms with van der Waals surface area (Å²) in [5, 5.41) is 0. The van der Waals surface area contributed by atoms with E-state index in [2.05, 4.69) is 0 Å². The molecule has 0 spiro atoms. The van der Waals surface area contributed by atoms with Crippen molar-refractivity contribution in [2.24, 2.45) is 5.92 Å². The van der Waals surface area contributed by atoms with E-state index in [1.165, 1.54) is 24.3 Å². The first kappa shape index (κ1) is 18.7. The molecular formula is C15H18F3NO4S. The van der Waals surface area contributed by atoms with Gasteiger partial charge in [-0.2, -0.15) is 17.5 Å². The minimum absolute atomic E-state index is 0.0501. The highest BCUT2D eigenvalue weighted by Gasteiger charge is 2.44. The topological polar surface area (TPSA) is 63.7 Å². The highest BCUT2D eigenvalue weighted by atomic mass is 32.2. The summed E-state index contributed by atoms with van der Waals surface area (Å²) in [7, 11) is -4.03. The number of piperidine rings is 1. The lowest BCUT2D eigenvalue weighted by Crippen LogP contribution is -2.44. The maximum atomic E-state index is 12.8. The third kappa shape index (κ3) is 4.07. The van der Waals surface area contributed by atoms with Crippen LogP contribution >= 0.6 is 0 Å². The summed E-state index contributed by atoms with van der Waals surface area (Å²) in [5.41, 5.74) is 0.183. The molecule has 1 saturated heterocycles. The summed E-state index contributed by atoms with van der Waals surface area (Å²) in [5.74, 6) is -2.24. The Kier molecular flexibility index (Phi) is 5.54. The van der Waals surface area contributed by atoms with Gasteiger partial charge >= 0.3 is 12.1 Å². The van der Waals surface area contributed by atoms with Gasteiger partial charge in [-0.05, 0) is 44.0 Å². The number of carbonyl (C=O) groups is 1. The first-order valence-corrected chi connectivity index (χ1v) is 8.94. The van der Waals surface area contributed by atoms with Gasteiger partial charge in [0.1, 0.15) is 0 Å². The molecule has 0 unspecified atom stereocenters. The number of sulfonamides is 1. The Morgan fingerprint density at radius 3 is 2.46 bits per heavy atom. The number of hydrogen-bond donors (Lipinski definition) is 0. The van der Waals surface area contributed by atoms with Gasteiger partial charge in [-0.25, -0.2) is 13.2 Å². The Morgan fingerprint density at radius 1 is 1.29 bits per heavy atom. The number of esters is 1. The fourth-order valence-corrected chi connectivity index (χ4v) is 4.08. The largest absolute Gasteiger partial charge is 0.462 e. The van der Waals surface area contributed by atoms with Gasteiger partial charge in [-0.15, -0.1) is 0 Å². The molecule has 0 radical (unpaired) electrons. The van der Waals surface area contributed by atoms with Crippen LogP contribution < -0.4 is 0 Å². The van der Waals surface area contributed by atoms with Gasteiger partial charge in [-0.1, -0.05) is 0 Å². The second-order valence-corrected chi connectivity index (χ2v) is 7.43. The van der Waals surface area contributed by atoms with Crippen LogP contribution in [-0.4, -0.2) is 44.6 Å². The molecule has 0 aliphatic carbocycles. The van der Waals surface area contributed by atoms with Gasteiger partial charge in [0.25, 0.3) is 0 Å². The zero-order valence-electron chi connectivity index (χ0n) is 13.0. The molecule has 1 aliphatic rings. The van der Waals surface area contributed by atoms with Crippen LogP contribution in [0, 0.1) is 5.92 Å². The second kappa shape index (κ2) is 7.10. The highest BCUT2D eigenvalue weighted by Crippen LogP contribution is 2.34. The van der Waals surface area contributed by atoms with E-state index < -0.39 is 34.6 Å². The Balaban J connectivity index is 2.19. The molecule has 24 heavy (non-hydrogen) atoms. The molecule has 0 bridgehead atoms. The van der Waals surface area contributed by atoms with Gasteiger partial charge in [0.05, 0.1) is 23.0 Å².